The molecule has 116 valence electrons. The van der Waals surface area contributed by atoms with Crippen LogP contribution >= 0.6 is 0 Å². The van der Waals surface area contributed by atoms with Crippen LogP contribution in [-0.2, 0) is 0 Å². The lowest BCUT2D eigenvalue weighted by Gasteiger charge is -2.38. The van der Waals surface area contributed by atoms with Crippen molar-refractivity contribution < 1.29 is 10.3 Å². The van der Waals surface area contributed by atoms with Gasteiger partial charge < -0.3 is 20.9 Å². The maximum Gasteiger partial charge on any atom is 0.188 e. The number of piperazine rings is 1. The average molecular weight is 293 g/mol. The summed E-state index contributed by atoms with van der Waals surface area (Å²) in [6.45, 7) is 7.94. The fraction of sp³-hybridized carbons (Fsp3) is 0.571. The number of hydrogen-bond acceptors (Lipinski definition) is 6. The third-order valence-corrected chi connectivity index (χ3v) is 3.47. The maximum absolute atomic E-state index is 9.85. The smallest absolute Gasteiger partial charge is 0.188 e. The Hall–Kier alpha value is -1.86. The van der Waals surface area contributed by atoms with Gasteiger partial charge in [-0.1, -0.05) is 5.16 Å². The van der Waals surface area contributed by atoms with Crippen molar-refractivity contribution in [1.29, 1.82) is 0 Å². The summed E-state index contributed by atoms with van der Waals surface area (Å²) in [7, 11) is 0. The number of rotatable bonds is 4. The summed E-state index contributed by atoms with van der Waals surface area (Å²) in [6.07, 6.45) is 1.74. The predicted octanol–water partition coefficient (Wildman–Crippen LogP) is 0.0690. The van der Waals surface area contributed by atoms with Gasteiger partial charge in [-0.05, 0) is 26.0 Å². The minimum absolute atomic E-state index is 0.0107. The third-order valence-electron chi connectivity index (χ3n) is 3.47. The topological polar surface area (TPSA) is 98.2 Å². The van der Waals surface area contributed by atoms with Crippen LogP contribution in [0.2, 0.25) is 0 Å². The van der Waals surface area contributed by atoms with Crippen molar-refractivity contribution in [2.45, 2.75) is 19.4 Å². The van der Waals surface area contributed by atoms with Crippen molar-refractivity contribution in [2.24, 2.45) is 10.9 Å². The van der Waals surface area contributed by atoms with Gasteiger partial charge in [0.15, 0.2) is 5.84 Å². The van der Waals surface area contributed by atoms with E-state index in [0.717, 1.165) is 31.9 Å². The summed E-state index contributed by atoms with van der Waals surface area (Å²) >= 11 is 0. The van der Waals surface area contributed by atoms with Crippen LogP contribution < -0.4 is 10.6 Å². The summed E-state index contributed by atoms with van der Waals surface area (Å²) < 4.78 is 0. The highest BCUT2D eigenvalue weighted by Crippen LogP contribution is 2.16. The first-order valence-electron chi connectivity index (χ1n) is 7.03. The summed E-state index contributed by atoms with van der Waals surface area (Å²) in [5, 5.41) is 21.4. The van der Waals surface area contributed by atoms with Crippen molar-refractivity contribution >= 4 is 11.5 Å². The van der Waals surface area contributed by atoms with Crippen LogP contribution in [0.1, 0.15) is 19.5 Å². The lowest BCUT2D eigenvalue weighted by Crippen LogP contribution is -2.50. The Morgan fingerprint density at radius 3 is 2.48 bits per heavy atom. The van der Waals surface area contributed by atoms with E-state index in [1.54, 1.807) is 12.3 Å². The van der Waals surface area contributed by atoms with E-state index in [-0.39, 0.29) is 5.84 Å². The molecule has 7 heteroatoms. The van der Waals surface area contributed by atoms with E-state index in [2.05, 4.69) is 19.9 Å². The number of oxime groups is 1. The largest absolute Gasteiger partial charge is 0.409 e. The van der Waals surface area contributed by atoms with Gasteiger partial charge >= 0.3 is 0 Å². The van der Waals surface area contributed by atoms with Gasteiger partial charge in [0.05, 0.1) is 17.5 Å². The highest BCUT2D eigenvalue weighted by molar-refractivity contribution is 5.95. The van der Waals surface area contributed by atoms with Crippen molar-refractivity contribution in [2.75, 3.05) is 37.6 Å². The van der Waals surface area contributed by atoms with Gasteiger partial charge in [-0.25, -0.2) is 0 Å². The van der Waals surface area contributed by atoms with Crippen molar-refractivity contribution in [1.82, 2.24) is 9.88 Å². The van der Waals surface area contributed by atoms with E-state index >= 15 is 0 Å². The van der Waals surface area contributed by atoms with Gasteiger partial charge in [0.2, 0.25) is 0 Å². The Labute approximate surface area is 124 Å². The lowest BCUT2D eigenvalue weighted by atomic mass is 10.1. The number of aromatic nitrogens is 1. The first-order chi connectivity index (χ1) is 9.89. The molecule has 1 aliphatic rings. The third kappa shape index (κ3) is 4.30. The van der Waals surface area contributed by atoms with E-state index in [1.165, 1.54) is 0 Å². The second kappa shape index (κ2) is 6.28. The molecule has 0 aliphatic carbocycles. The molecule has 0 atom stereocenters. The van der Waals surface area contributed by atoms with E-state index < -0.39 is 5.60 Å². The van der Waals surface area contributed by atoms with Crippen LogP contribution in [-0.4, -0.2) is 64.4 Å². The minimum atomic E-state index is -0.660. The summed E-state index contributed by atoms with van der Waals surface area (Å²) in [4.78, 5) is 8.69. The van der Waals surface area contributed by atoms with E-state index in [4.69, 9.17) is 10.9 Å². The van der Waals surface area contributed by atoms with Crippen LogP contribution in [0.15, 0.2) is 23.5 Å². The van der Waals surface area contributed by atoms with Gasteiger partial charge in [-0.2, -0.15) is 0 Å². The first-order valence-corrected chi connectivity index (χ1v) is 7.03. The molecule has 0 amide bonds. The molecule has 0 unspecified atom stereocenters. The van der Waals surface area contributed by atoms with Crippen LogP contribution in [0.25, 0.3) is 0 Å². The summed E-state index contributed by atoms with van der Waals surface area (Å²) in [5.74, 6) is 0.0107. The SMILES string of the molecule is CC(C)(O)CN1CCN(c2ccc(/C(N)=N/O)nc2)CC1. The Morgan fingerprint density at radius 2 is 2.00 bits per heavy atom. The average Bonchev–Trinajstić information content (AvgIpc) is 2.46. The second-order valence-corrected chi connectivity index (χ2v) is 5.96. The second-order valence-electron chi connectivity index (χ2n) is 5.96. The zero-order valence-electron chi connectivity index (χ0n) is 12.5. The molecule has 1 aliphatic heterocycles. The molecule has 1 fully saturated rings. The number of nitrogens with two attached hydrogens (primary N) is 1. The fourth-order valence-electron chi connectivity index (χ4n) is 2.49. The normalized spacial score (nSPS) is 18.0. The Bertz CT molecular complexity index is 487. The molecule has 4 N–H and O–H groups in total. The van der Waals surface area contributed by atoms with Gasteiger partial charge in [-0.3, -0.25) is 9.88 Å². The molecule has 0 radical (unpaired) electrons. The van der Waals surface area contributed by atoms with Gasteiger partial charge in [0.25, 0.3) is 0 Å². The quantitative estimate of drug-likeness (QED) is 0.314. The van der Waals surface area contributed by atoms with Crippen LogP contribution in [0.3, 0.4) is 0 Å². The Morgan fingerprint density at radius 1 is 1.33 bits per heavy atom. The molecule has 1 aromatic rings. The standard InChI is InChI=1S/C14H23N5O2/c1-14(2,20)10-18-5-7-19(8-6-18)11-3-4-12(16-9-11)13(15)17-21/h3-4,9,20-21H,5-8,10H2,1-2H3,(H2,15,17). The van der Waals surface area contributed by atoms with E-state index in [1.807, 2.05) is 19.9 Å². The lowest BCUT2D eigenvalue weighted by molar-refractivity contribution is 0.0345. The van der Waals surface area contributed by atoms with E-state index in [9.17, 15) is 5.11 Å². The molecule has 0 spiro atoms. The molecule has 0 aromatic carbocycles. The Kier molecular flexibility index (Phi) is 4.64. The fourth-order valence-corrected chi connectivity index (χ4v) is 2.49. The number of anilines is 1. The van der Waals surface area contributed by atoms with Crippen molar-refractivity contribution in [3.8, 4) is 0 Å². The number of nitrogens with zero attached hydrogens (tertiary/aromatic N) is 4. The predicted molar refractivity (Wildman–Crippen MR) is 81.7 cm³/mol. The monoisotopic (exact) mass is 293 g/mol. The number of aliphatic hydroxyl groups is 1. The number of hydrogen-bond donors (Lipinski definition) is 3. The minimum Gasteiger partial charge on any atom is -0.409 e. The molecule has 7 nitrogen and oxygen atoms in total. The van der Waals surface area contributed by atoms with Gasteiger partial charge in [-0.15, -0.1) is 0 Å². The Balaban J connectivity index is 1.93. The van der Waals surface area contributed by atoms with Gasteiger partial charge in [0.1, 0.15) is 5.69 Å². The highest BCUT2D eigenvalue weighted by Gasteiger charge is 2.22. The summed E-state index contributed by atoms with van der Waals surface area (Å²) in [6, 6.07) is 3.67. The number of β-amino-alcohol motifs (C(OH)–C–C–N with tert-alkyl or cyclic N) is 1. The number of pyridine rings is 1. The number of amidine groups is 1. The van der Waals surface area contributed by atoms with Crippen LogP contribution in [0.5, 0.6) is 0 Å². The van der Waals surface area contributed by atoms with E-state index in [0.29, 0.717) is 12.2 Å². The molecule has 1 saturated heterocycles. The van der Waals surface area contributed by atoms with Crippen LogP contribution in [0, 0.1) is 0 Å². The molecule has 2 rings (SSSR count). The molecule has 21 heavy (non-hydrogen) atoms. The van der Waals surface area contributed by atoms with Crippen LogP contribution in [0.4, 0.5) is 5.69 Å². The maximum atomic E-state index is 9.85. The molecular formula is C14H23N5O2. The molecule has 0 bridgehead atoms. The van der Waals surface area contributed by atoms with Crippen molar-refractivity contribution in [3.63, 3.8) is 0 Å². The van der Waals surface area contributed by atoms with Crippen molar-refractivity contribution in [3.05, 3.63) is 24.0 Å². The van der Waals surface area contributed by atoms with Gasteiger partial charge in [0, 0.05) is 32.7 Å². The zero-order valence-corrected chi connectivity index (χ0v) is 12.5. The molecule has 2 heterocycles. The molecule has 0 saturated carbocycles. The first kappa shape index (κ1) is 15.5. The summed E-state index contributed by atoms with van der Waals surface area (Å²) in [5.41, 5.74) is 6.31. The zero-order chi connectivity index (χ0) is 15.5. The molecule has 1 aromatic heterocycles. The molecular weight excluding hydrogens is 270 g/mol. The highest BCUT2D eigenvalue weighted by atomic mass is 16.4.